The van der Waals surface area contributed by atoms with Gasteiger partial charge in [0.1, 0.15) is 5.75 Å². The Kier molecular flexibility index (Phi) is 8.47. The average Bonchev–Trinajstić information content (AvgIpc) is 2.49. The Morgan fingerprint density at radius 2 is 1.90 bits per heavy atom. The van der Waals surface area contributed by atoms with Crippen molar-refractivity contribution in [1.29, 1.82) is 0 Å². The molecule has 1 aromatic rings. The molecule has 0 fully saturated rings. The number of carbonyl (C=O) groups is 1. The molecule has 0 radical (unpaired) electrons. The molecule has 1 atom stereocenters. The lowest BCUT2D eigenvalue weighted by molar-refractivity contribution is -0.156. The number of esters is 1. The van der Waals surface area contributed by atoms with Gasteiger partial charge in [0.25, 0.3) is 0 Å². The molecule has 0 bridgehead atoms. The van der Waals surface area contributed by atoms with E-state index >= 15 is 0 Å². The van der Waals surface area contributed by atoms with Crippen LogP contribution >= 0.6 is 0 Å². The van der Waals surface area contributed by atoms with Crippen molar-refractivity contribution >= 4 is 5.97 Å². The summed E-state index contributed by atoms with van der Waals surface area (Å²) < 4.78 is 15.9. The Hall–Kier alpha value is -1.59. The number of ether oxygens (including phenoxy) is 3. The minimum Gasteiger partial charge on any atom is -0.494 e. The number of hydrogen-bond donors (Lipinski definition) is 1. The molecular weight excluding hydrogens is 272 g/mol. The second-order valence-corrected chi connectivity index (χ2v) is 4.47. The molecule has 1 N–H and O–H groups in total. The summed E-state index contributed by atoms with van der Waals surface area (Å²) in [5.74, 6) is 0.416. The lowest BCUT2D eigenvalue weighted by Crippen LogP contribution is -2.28. The molecular formula is C16H24O5. The molecule has 0 aliphatic rings. The van der Waals surface area contributed by atoms with Gasteiger partial charge < -0.3 is 19.3 Å². The lowest BCUT2D eigenvalue weighted by Gasteiger charge is -2.15. The highest BCUT2D eigenvalue weighted by Gasteiger charge is 2.20. The van der Waals surface area contributed by atoms with E-state index in [-0.39, 0.29) is 12.6 Å². The predicted molar refractivity (Wildman–Crippen MR) is 79.4 cm³/mol. The maximum atomic E-state index is 11.8. The summed E-state index contributed by atoms with van der Waals surface area (Å²) in [4.78, 5) is 11.8. The third-order valence-electron chi connectivity index (χ3n) is 2.83. The first-order valence-electron chi connectivity index (χ1n) is 7.32. The zero-order valence-electron chi connectivity index (χ0n) is 12.7. The molecule has 0 aromatic heterocycles. The fourth-order valence-electron chi connectivity index (χ4n) is 1.84. The van der Waals surface area contributed by atoms with E-state index < -0.39 is 6.10 Å². The molecule has 1 aromatic carbocycles. The van der Waals surface area contributed by atoms with Gasteiger partial charge in [0.2, 0.25) is 0 Å². The van der Waals surface area contributed by atoms with Crippen LogP contribution in [0.3, 0.4) is 0 Å². The van der Waals surface area contributed by atoms with E-state index in [1.165, 1.54) is 0 Å². The van der Waals surface area contributed by atoms with Crippen molar-refractivity contribution in [3.63, 3.8) is 0 Å². The molecule has 0 spiro atoms. The standard InChI is InChI=1S/C16H24O5/c1-3-19-15(16(18)20-4-2)12-13-6-8-14(9-7-13)21-11-5-10-17/h6-9,15,17H,3-5,10-12H2,1-2H3/t15-/m0/s1. The highest BCUT2D eigenvalue weighted by atomic mass is 16.6. The smallest absolute Gasteiger partial charge is 0.335 e. The molecule has 0 aliphatic heterocycles. The number of benzene rings is 1. The Bertz CT molecular complexity index is 402. The summed E-state index contributed by atoms with van der Waals surface area (Å²) in [6, 6.07) is 7.50. The molecule has 5 heteroatoms. The highest BCUT2D eigenvalue weighted by Crippen LogP contribution is 2.15. The van der Waals surface area contributed by atoms with Gasteiger partial charge in [-0.1, -0.05) is 12.1 Å². The maximum Gasteiger partial charge on any atom is 0.335 e. The third kappa shape index (κ3) is 6.60. The van der Waals surface area contributed by atoms with Crippen molar-refractivity contribution in [2.45, 2.75) is 32.8 Å². The molecule has 0 saturated carbocycles. The largest absolute Gasteiger partial charge is 0.494 e. The van der Waals surface area contributed by atoms with Crippen molar-refractivity contribution in [3.05, 3.63) is 29.8 Å². The third-order valence-corrected chi connectivity index (χ3v) is 2.83. The van der Waals surface area contributed by atoms with E-state index in [0.717, 1.165) is 11.3 Å². The van der Waals surface area contributed by atoms with Crippen LogP contribution in [0.1, 0.15) is 25.8 Å². The molecule has 21 heavy (non-hydrogen) atoms. The van der Waals surface area contributed by atoms with Gasteiger partial charge in [-0.05, 0) is 31.5 Å². The van der Waals surface area contributed by atoms with Crippen molar-refractivity contribution in [1.82, 2.24) is 0 Å². The van der Waals surface area contributed by atoms with Gasteiger partial charge in [-0.2, -0.15) is 0 Å². The van der Waals surface area contributed by atoms with Crippen LogP contribution < -0.4 is 4.74 Å². The summed E-state index contributed by atoms with van der Waals surface area (Å²) in [6.07, 6.45) is 0.511. The van der Waals surface area contributed by atoms with Crippen LogP contribution in [0, 0.1) is 0 Å². The van der Waals surface area contributed by atoms with E-state index in [1.54, 1.807) is 6.92 Å². The van der Waals surface area contributed by atoms with Gasteiger partial charge in [0.05, 0.1) is 13.2 Å². The quantitative estimate of drug-likeness (QED) is 0.528. The Morgan fingerprint density at radius 1 is 1.19 bits per heavy atom. The summed E-state index contributed by atoms with van der Waals surface area (Å²) >= 11 is 0. The summed E-state index contributed by atoms with van der Waals surface area (Å²) in [7, 11) is 0. The molecule has 5 nitrogen and oxygen atoms in total. The van der Waals surface area contributed by atoms with Crippen LogP contribution in [0.15, 0.2) is 24.3 Å². The first-order chi connectivity index (χ1) is 10.2. The lowest BCUT2D eigenvalue weighted by atomic mass is 10.1. The van der Waals surface area contributed by atoms with Gasteiger partial charge in [-0.15, -0.1) is 0 Å². The van der Waals surface area contributed by atoms with Gasteiger partial charge in [-0.3, -0.25) is 0 Å². The van der Waals surface area contributed by atoms with Crippen LogP contribution in [0.2, 0.25) is 0 Å². The van der Waals surface area contributed by atoms with E-state index in [4.69, 9.17) is 19.3 Å². The van der Waals surface area contributed by atoms with Gasteiger partial charge in [0.15, 0.2) is 6.10 Å². The minimum atomic E-state index is -0.573. The average molecular weight is 296 g/mol. The minimum absolute atomic E-state index is 0.119. The van der Waals surface area contributed by atoms with Gasteiger partial charge in [0, 0.05) is 26.1 Å². The Balaban J connectivity index is 2.56. The first kappa shape index (κ1) is 17.5. The van der Waals surface area contributed by atoms with Crippen molar-refractivity contribution in [2.75, 3.05) is 26.4 Å². The zero-order chi connectivity index (χ0) is 15.5. The monoisotopic (exact) mass is 296 g/mol. The number of rotatable bonds is 10. The normalized spacial score (nSPS) is 12.0. The van der Waals surface area contributed by atoms with Crippen molar-refractivity contribution in [2.24, 2.45) is 0 Å². The fraction of sp³-hybridized carbons (Fsp3) is 0.562. The molecule has 118 valence electrons. The van der Waals surface area contributed by atoms with Crippen LogP contribution in [0.5, 0.6) is 5.75 Å². The van der Waals surface area contributed by atoms with Crippen LogP contribution in [0.4, 0.5) is 0 Å². The highest BCUT2D eigenvalue weighted by molar-refractivity contribution is 5.75. The second kappa shape index (κ2) is 10.2. The topological polar surface area (TPSA) is 65.0 Å². The fourth-order valence-corrected chi connectivity index (χ4v) is 1.84. The van der Waals surface area contributed by atoms with Crippen molar-refractivity contribution < 1.29 is 24.1 Å². The Labute approximate surface area is 125 Å². The SMILES string of the molecule is CCOC(=O)[C@H](Cc1ccc(OCCCO)cc1)OCC. The molecule has 0 saturated heterocycles. The van der Waals surface area contributed by atoms with E-state index in [0.29, 0.717) is 32.7 Å². The summed E-state index contributed by atoms with van der Waals surface area (Å²) in [5, 5.41) is 8.70. The van der Waals surface area contributed by atoms with Crippen LogP contribution in [-0.4, -0.2) is 43.6 Å². The number of aliphatic hydroxyl groups is 1. The number of aliphatic hydroxyl groups excluding tert-OH is 1. The molecule has 0 aliphatic carbocycles. The van der Waals surface area contributed by atoms with E-state index in [1.807, 2.05) is 31.2 Å². The molecule has 1 rings (SSSR count). The van der Waals surface area contributed by atoms with Crippen molar-refractivity contribution in [3.8, 4) is 5.75 Å². The first-order valence-corrected chi connectivity index (χ1v) is 7.32. The van der Waals surface area contributed by atoms with Gasteiger partial charge in [-0.25, -0.2) is 4.79 Å². The van der Waals surface area contributed by atoms with Gasteiger partial charge >= 0.3 is 5.97 Å². The number of carbonyl (C=O) groups excluding carboxylic acids is 1. The second-order valence-electron chi connectivity index (χ2n) is 4.47. The predicted octanol–water partition coefficient (Wildman–Crippen LogP) is 1.96. The maximum absolute atomic E-state index is 11.8. The molecule has 0 heterocycles. The van der Waals surface area contributed by atoms with E-state index in [9.17, 15) is 4.79 Å². The molecule has 0 unspecified atom stereocenters. The van der Waals surface area contributed by atoms with E-state index in [2.05, 4.69) is 0 Å². The zero-order valence-corrected chi connectivity index (χ0v) is 12.7. The molecule has 0 amide bonds. The summed E-state index contributed by atoms with van der Waals surface area (Å²) in [5.41, 5.74) is 0.982. The van der Waals surface area contributed by atoms with Crippen LogP contribution in [0.25, 0.3) is 0 Å². The summed E-state index contributed by atoms with van der Waals surface area (Å²) in [6.45, 7) is 5.05. The van der Waals surface area contributed by atoms with Crippen LogP contribution in [-0.2, 0) is 20.7 Å². The Morgan fingerprint density at radius 3 is 2.48 bits per heavy atom. The number of hydrogen-bond acceptors (Lipinski definition) is 5.